The lowest BCUT2D eigenvalue weighted by atomic mass is 10.2. The minimum absolute atomic E-state index is 0.0166. The van der Waals surface area contributed by atoms with Gasteiger partial charge in [-0.3, -0.25) is 4.79 Å². The maximum Gasteiger partial charge on any atom is 0.255 e. The van der Waals surface area contributed by atoms with Crippen molar-refractivity contribution in [3.05, 3.63) is 58.3 Å². The van der Waals surface area contributed by atoms with Crippen molar-refractivity contribution >= 4 is 27.5 Å². The van der Waals surface area contributed by atoms with Crippen LogP contribution in [0.2, 0.25) is 0 Å². The molecule has 0 aliphatic heterocycles. The topological polar surface area (TPSA) is 49.3 Å². The highest BCUT2D eigenvalue weighted by Crippen LogP contribution is 2.21. The number of halogens is 2. The molecule has 0 atom stereocenters. The average Bonchev–Trinajstić information content (AvgIpc) is 2.34. The number of phenolic OH excluding ortho intramolecular Hbond substituents is 1. The molecule has 2 aromatic rings. The van der Waals surface area contributed by atoms with Gasteiger partial charge < -0.3 is 10.4 Å². The zero-order chi connectivity index (χ0) is 13.1. The zero-order valence-corrected chi connectivity index (χ0v) is 10.7. The first kappa shape index (κ1) is 12.6. The van der Waals surface area contributed by atoms with Crippen LogP contribution in [0.4, 0.5) is 10.1 Å². The molecule has 5 heteroatoms. The summed E-state index contributed by atoms with van der Waals surface area (Å²) in [6, 6.07) is 10.2. The third-order valence-electron chi connectivity index (χ3n) is 2.29. The quantitative estimate of drug-likeness (QED) is 0.891. The van der Waals surface area contributed by atoms with Crippen molar-refractivity contribution in [2.45, 2.75) is 0 Å². The van der Waals surface area contributed by atoms with Crippen LogP contribution in [0.5, 0.6) is 5.75 Å². The third-order valence-corrected chi connectivity index (χ3v) is 2.89. The highest BCUT2D eigenvalue weighted by Gasteiger charge is 2.08. The van der Waals surface area contributed by atoms with Crippen molar-refractivity contribution in [2.75, 3.05) is 5.32 Å². The van der Waals surface area contributed by atoms with Crippen LogP contribution in [0.15, 0.2) is 46.9 Å². The molecule has 0 radical (unpaired) electrons. The van der Waals surface area contributed by atoms with E-state index in [9.17, 15) is 14.3 Å². The number of hydrogen-bond acceptors (Lipinski definition) is 2. The van der Waals surface area contributed by atoms with E-state index in [0.29, 0.717) is 11.3 Å². The van der Waals surface area contributed by atoms with Crippen LogP contribution in [0.25, 0.3) is 0 Å². The Labute approximate surface area is 111 Å². The van der Waals surface area contributed by atoms with E-state index >= 15 is 0 Å². The molecule has 0 saturated carbocycles. The maximum atomic E-state index is 13.0. The lowest BCUT2D eigenvalue weighted by Gasteiger charge is -2.06. The molecule has 0 bridgehead atoms. The molecular weight excluding hydrogens is 301 g/mol. The predicted molar refractivity (Wildman–Crippen MR) is 70.2 cm³/mol. The summed E-state index contributed by atoms with van der Waals surface area (Å²) in [5.74, 6) is -0.752. The average molecular weight is 310 g/mol. The summed E-state index contributed by atoms with van der Waals surface area (Å²) >= 11 is 3.04. The highest BCUT2D eigenvalue weighted by molar-refractivity contribution is 9.10. The van der Waals surface area contributed by atoms with Gasteiger partial charge in [0.25, 0.3) is 5.91 Å². The molecule has 1 amide bonds. The SMILES string of the molecule is O=C(Nc1ccc(F)c(Br)c1)c1cccc(O)c1. The number of carbonyl (C=O) groups excluding carboxylic acids is 1. The van der Waals surface area contributed by atoms with E-state index < -0.39 is 5.82 Å². The van der Waals surface area contributed by atoms with Gasteiger partial charge in [-0.05, 0) is 52.3 Å². The van der Waals surface area contributed by atoms with Crippen LogP contribution in [-0.4, -0.2) is 11.0 Å². The van der Waals surface area contributed by atoms with Gasteiger partial charge in [0, 0.05) is 11.3 Å². The van der Waals surface area contributed by atoms with Gasteiger partial charge in [0.15, 0.2) is 0 Å². The minimum Gasteiger partial charge on any atom is -0.508 e. The van der Waals surface area contributed by atoms with E-state index in [1.807, 2.05) is 0 Å². The smallest absolute Gasteiger partial charge is 0.255 e. The number of phenols is 1. The standard InChI is InChI=1S/C13H9BrFNO2/c14-11-7-9(4-5-12(11)15)16-13(18)8-2-1-3-10(17)6-8/h1-7,17H,(H,16,18). The molecule has 2 aromatic carbocycles. The molecule has 0 saturated heterocycles. The molecule has 0 aliphatic carbocycles. The molecule has 0 aromatic heterocycles. The number of carbonyl (C=O) groups is 1. The van der Waals surface area contributed by atoms with E-state index in [-0.39, 0.29) is 16.1 Å². The normalized spacial score (nSPS) is 10.1. The van der Waals surface area contributed by atoms with E-state index in [1.54, 1.807) is 12.1 Å². The number of rotatable bonds is 2. The van der Waals surface area contributed by atoms with Crippen LogP contribution < -0.4 is 5.32 Å². The van der Waals surface area contributed by atoms with Gasteiger partial charge in [0.2, 0.25) is 0 Å². The second-order valence-corrected chi connectivity index (χ2v) is 4.49. The largest absolute Gasteiger partial charge is 0.508 e. The lowest BCUT2D eigenvalue weighted by Crippen LogP contribution is -2.11. The first-order valence-electron chi connectivity index (χ1n) is 5.12. The lowest BCUT2D eigenvalue weighted by molar-refractivity contribution is 0.102. The van der Waals surface area contributed by atoms with Crippen LogP contribution in [0, 0.1) is 5.82 Å². The number of hydrogen-bond donors (Lipinski definition) is 2. The summed E-state index contributed by atoms with van der Waals surface area (Å²) in [5, 5.41) is 11.9. The molecule has 0 fully saturated rings. The monoisotopic (exact) mass is 309 g/mol. The molecule has 2 N–H and O–H groups in total. The van der Waals surface area contributed by atoms with Gasteiger partial charge in [0.05, 0.1) is 4.47 Å². The highest BCUT2D eigenvalue weighted by atomic mass is 79.9. The number of benzene rings is 2. The number of aromatic hydroxyl groups is 1. The molecule has 2 rings (SSSR count). The fraction of sp³-hybridized carbons (Fsp3) is 0. The Hall–Kier alpha value is -1.88. The Kier molecular flexibility index (Phi) is 3.62. The van der Waals surface area contributed by atoms with Crippen molar-refractivity contribution in [3.63, 3.8) is 0 Å². The minimum atomic E-state index is -0.398. The molecule has 3 nitrogen and oxygen atoms in total. The fourth-order valence-electron chi connectivity index (χ4n) is 1.42. The second kappa shape index (κ2) is 5.18. The Morgan fingerprint density at radius 1 is 1.22 bits per heavy atom. The predicted octanol–water partition coefficient (Wildman–Crippen LogP) is 3.55. The number of amides is 1. The summed E-state index contributed by atoms with van der Waals surface area (Å²) in [7, 11) is 0. The van der Waals surface area contributed by atoms with Gasteiger partial charge in [-0.15, -0.1) is 0 Å². The molecular formula is C13H9BrFNO2. The first-order valence-corrected chi connectivity index (χ1v) is 5.91. The fourth-order valence-corrected chi connectivity index (χ4v) is 1.80. The first-order chi connectivity index (χ1) is 8.56. The van der Waals surface area contributed by atoms with Crippen molar-refractivity contribution in [1.82, 2.24) is 0 Å². The van der Waals surface area contributed by atoms with Crippen molar-refractivity contribution in [3.8, 4) is 5.75 Å². The van der Waals surface area contributed by atoms with Crippen molar-refractivity contribution in [1.29, 1.82) is 0 Å². The Balaban J connectivity index is 2.18. The van der Waals surface area contributed by atoms with Crippen molar-refractivity contribution < 1.29 is 14.3 Å². The summed E-state index contributed by atoms with van der Waals surface area (Å²) < 4.78 is 13.3. The summed E-state index contributed by atoms with van der Waals surface area (Å²) in [6.07, 6.45) is 0. The second-order valence-electron chi connectivity index (χ2n) is 3.63. The van der Waals surface area contributed by atoms with Gasteiger partial charge in [-0.25, -0.2) is 4.39 Å². The molecule has 0 spiro atoms. The third kappa shape index (κ3) is 2.87. The Bertz CT molecular complexity index is 601. The van der Waals surface area contributed by atoms with Gasteiger partial charge >= 0.3 is 0 Å². The molecule has 0 unspecified atom stereocenters. The van der Waals surface area contributed by atoms with Crippen LogP contribution >= 0.6 is 15.9 Å². The van der Waals surface area contributed by atoms with E-state index in [2.05, 4.69) is 21.2 Å². The zero-order valence-electron chi connectivity index (χ0n) is 9.15. The number of anilines is 1. The van der Waals surface area contributed by atoms with Crippen LogP contribution in [0.3, 0.4) is 0 Å². The molecule has 18 heavy (non-hydrogen) atoms. The Morgan fingerprint density at radius 3 is 2.67 bits per heavy atom. The molecule has 0 heterocycles. The van der Waals surface area contributed by atoms with Gasteiger partial charge in [0.1, 0.15) is 11.6 Å². The van der Waals surface area contributed by atoms with E-state index in [0.717, 1.165) is 0 Å². The number of nitrogens with one attached hydrogen (secondary N) is 1. The van der Waals surface area contributed by atoms with Crippen LogP contribution in [-0.2, 0) is 0 Å². The summed E-state index contributed by atoms with van der Waals surface area (Å²) in [6.45, 7) is 0. The maximum absolute atomic E-state index is 13.0. The summed E-state index contributed by atoms with van der Waals surface area (Å²) in [5.41, 5.74) is 0.798. The molecule has 0 aliphatic rings. The molecule has 92 valence electrons. The van der Waals surface area contributed by atoms with Crippen LogP contribution in [0.1, 0.15) is 10.4 Å². The Morgan fingerprint density at radius 2 is 2.00 bits per heavy atom. The van der Waals surface area contributed by atoms with Gasteiger partial charge in [-0.1, -0.05) is 6.07 Å². The van der Waals surface area contributed by atoms with Gasteiger partial charge in [-0.2, -0.15) is 0 Å². The van der Waals surface area contributed by atoms with Crippen molar-refractivity contribution in [2.24, 2.45) is 0 Å². The van der Waals surface area contributed by atoms with E-state index in [1.165, 1.54) is 30.3 Å². The summed E-state index contributed by atoms with van der Waals surface area (Å²) in [4.78, 5) is 11.8. The van der Waals surface area contributed by atoms with E-state index in [4.69, 9.17) is 0 Å².